The van der Waals surface area contributed by atoms with E-state index in [1.54, 1.807) is 0 Å². The summed E-state index contributed by atoms with van der Waals surface area (Å²) in [5.74, 6) is 0. The molecule has 0 atom stereocenters. The van der Waals surface area contributed by atoms with E-state index in [2.05, 4.69) is 18.9 Å². The van der Waals surface area contributed by atoms with Crippen LogP contribution in [-0.2, 0) is 40.1 Å². The van der Waals surface area contributed by atoms with Crippen LogP contribution in [0, 0.1) is 45.3 Å². The molecule has 0 aromatic heterocycles. The molecule has 0 unspecified atom stereocenters. The summed E-state index contributed by atoms with van der Waals surface area (Å²) in [6.45, 7) is -0.323. The van der Waals surface area contributed by atoms with Gasteiger partial charge in [0.25, 0.3) is 0 Å². The normalized spacial score (nSPS) is 12.9. The predicted octanol–water partition coefficient (Wildman–Crippen LogP) is 2.43. The number of sulfonamides is 4. The zero-order valence-electron chi connectivity index (χ0n) is 27.8. The van der Waals surface area contributed by atoms with Gasteiger partial charge >= 0.3 is 0 Å². The lowest BCUT2D eigenvalue weighted by atomic mass is 10.2. The molecule has 0 amide bonds. The molecule has 0 aliphatic heterocycles. The topological polar surface area (TPSA) is 280 Å². The molecule has 0 spiro atoms. The molecule has 0 saturated carbocycles. The molecule has 0 fully saturated rings. The molecular weight excluding hydrogens is 705 g/mol. The second-order valence-corrected chi connectivity index (χ2v) is 20.3. The van der Waals surface area contributed by atoms with Gasteiger partial charge in [-0.25, -0.2) is 52.6 Å². The fourth-order valence-electron chi connectivity index (χ4n) is 4.67. The van der Waals surface area contributed by atoms with Gasteiger partial charge in [-0.05, 0) is 65.2 Å². The van der Waals surface area contributed by atoms with E-state index in [9.17, 15) is 33.7 Å². The minimum atomic E-state index is -5.35. The van der Waals surface area contributed by atoms with Crippen molar-refractivity contribution < 1.29 is 33.7 Å². The summed E-state index contributed by atoms with van der Waals surface area (Å²) in [5, 5.41) is 35.0. The monoisotopic (exact) mass is 754 g/mol. The van der Waals surface area contributed by atoms with Gasteiger partial charge in [0.05, 0.1) is 24.3 Å². The molecule has 20 heteroatoms. The van der Waals surface area contributed by atoms with Crippen molar-refractivity contribution >= 4 is 40.1 Å². The summed E-state index contributed by atoms with van der Waals surface area (Å²) in [4.78, 5) is 0. The van der Waals surface area contributed by atoms with Crippen LogP contribution in [0.2, 0.25) is 0 Å². The van der Waals surface area contributed by atoms with Crippen LogP contribution in [0.3, 0.4) is 0 Å². The molecule has 0 aliphatic carbocycles. The van der Waals surface area contributed by atoms with Crippen molar-refractivity contribution in [2.75, 3.05) is 26.2 Å². The molecule has 274 valence electrons. The van der Waals surface area contributed by atoms with Gasteiger partial charge in [-0.1, -0.05) is 25.7 Å². The van der Waals surface area contributed by atoms with Crippen LogP contribution in [0.4, 0.5) is 0 Å². The van der Waals surface area contributed by atoms with Gasteiger partial charge in [0, 0.05) is 51.9 Å². The van der Waals surface area contributed by atoms with Gasteiger partial charge in [-0.2, -0.15) is 21.0 Å². The van der Waals surface area contributed by atoms with Crippen LogP contribution < -0.4 is 18.9 Å². The number of unbranched alkanes of at least 4 members (excludes halogenated alkanes) is 12. The minimum Gasteiger partial charge on any atom is -0.214 e. The molecule has 16 nitrogen and oxygen atoms in total. The van der Waals surface area contributed by atoms with E-state index in [0.717, 1.165) is 0 Å². The predicted molar refractivity (Wildman–Crippen MR) is 181 cm³/mol. The van der Waals surface area contributed by atoms with Crippen molar-refractivity contribution in [3.05, 3.63) is 0 Å². The van der Waals surface area contributed by atoms with Crippen LogP contribution in [-0.4, -0.2) is 68.0 Å². The maximum absolute atomic E-state index is 14.1. The average Bonchev–Trinajstić information content (AvgIpc) is 3.02. The lowest BCUT2D eigenvalue weighted by Gasteiger charge is -2.42. The summed E-state index contributed by atoms with van der Waals surface area (Å²) < 4.78 is 114. The molecule has 0 rings (SSSR count). The second kappa shape index (κ2) is 22.3. The Morgan fingerprint density at radius 2 is 0.562 bits per heavy atom. The smallest absolute Gasteiger partial charge is 0.214 e. The molecular formula is C28H50N8O8S4. The van der Waals surface area contributed by atoms with Crippen molar-refractivity contribution in [3.8, 4) is 24.3 Å². The Morgan fingerprint density at radius 1 is 0.375 bits per heavy atom. The number of nitrogens with one attached hydrogen (secondary N) is 4. The van der Waals surface area contributed by atoms with Gasteiger partial charge in [0.15, 0.2) is 0 Å². The molecule has 0 aliphatic rings. The van der Waals surface area contributed by atoms with Crippen LogP contribution in [0.5, 0.6) is 0 Å². The highest BCUT2D eigenvalue weighted by atomic mass is 32.3. The van der Waals surface area contributed by atoms with Gasteiger partial charge < -0.3 is 0 Å². The molecule has 4 N–H and O–H groups in total. The molecule has 0 aromatic rings. The largest absolute Gasteiger partial charge is 0.235 e. The maximum Gasteiger partial charge on any atom is 0.235 e. The Morgan fingerprint density at radius 3 is 0.729 bits per heavy atom. The van der Waals surface area contributed by atoms with E-state index >= 15 is 0 Å². The number of nitriles is 4. The van der Waals surface area contributed by atoms with Crippen LogP contribution in [0.25, 0.3) is 0 Å². The molecule has 0 heterocycles. The summed E-state index contributed by atoms with van der Waals surface area (Å²) in [6.07, 6.45) is 4.69. The molecule has 48 heavy (non-hydrogen) atoms. The number of hydrogen-bond donors (Lipinski definition) is 4. The number of rotatable bonds is 29. The minimum absolute atomic E-state index is 0.154. The van der Waals surface area contributed by atoms with Crippen molar-refractivity contribution in [3.63, 3.8) is 0 Å². The van der Waals surface area contributed by atoms with Gasteiger partial charge in [-0.3, -0.25) is 0 Å². The van der Waals surface area contributed by atoms with Crippen molar-refractivity contribution in [2.24, 2.45) is 0 Å². The Bertz CT molecular complexity index is 1360. The molecule has 0 saturated heterocycles. The fourth-order valence-corrected chi connectivity index (χ4v) is 15.0. The van der Waals surface area contributed by atoms with Crippen molar-refractivity contribution in [2.45, 2.75) is 125 Å². The van der Waals surface area contributed by atoms with Crippen LogP contribution in [0.15, 0.2) is 0 Å². The molecule has 0 bridgehead atoms. The Balaban J connectivity index is 7.05. The Kier molecular flexibility index (Phi) is 21.2. The standard InChI is InChI=1S/C28H50N8O8S4/c1-27(45(37,38)33-23-15-7-3-11-19-29,46(39,40)34-24-16-8-4-12-20-30)28(2,47(41,42)35-25-17-9-5-13-21-31)48(43,44)36-26-18-10-6-14-22-32/h33-36H,3-18,23-26H2,1-2H3. The Labute approximate surface area is 287 Å². The first kappa shape index (κ1) is 45.6. The SMILES string of the molecule is CC(C(C)(S(=O)(=O)NCCCCCC#N)S(=O)(=O)NCCCCCC#N)(S(=O)(=O)NCCCCCC#N)S(=O)(=O)NCCCCCC#N. The highest BCUT2D eigenvalue weighted by molar-refractivity contribution is 8.15. The number of hydrogen-bond acceptors (Lipinski definition) is 12. The fraction of sp³-hybridized carbons (Fsp3) is 0.857. The third-order valence-electron chi connectivity index (χ3n) is 7.91. The van der Waals surface area contributed by atoms with Gasteiger partial charge in [0.2, 0.25) is 48.3 Å². The maximum atomic E-state index is 14.1. The summed E-state index contributed by atoms with van der Waals surface area (Å²) in [5.41, 5.74) is 0. The number of nitrogens with zero attached hydrogens (tertiary/aromatic N) is 4. The van der Waals surface area contributed by atoms with E-state index in [-0.39, 0.29) is 77.5 Å². The lowest BCUT2D eigenvalue weighted by Crippen LogP contribution is -2.74. The van der Waals surface area contributed by atoms with E-state index in [1.807, 2.05) is 24.3 Å². The van der Waals surface area contributed by atoms with Crippen LogP contribution >= 0.6 is 0 Å². The van der Waals surface area contributed by atoms with E-state index in [1.165, 1.54) is 0 Å². The first-order chi connectivity index (χ1) is 22.5. The van der Waals surface area contributed by atoms with Gasteiger partial charge in [-0.15, -0.1) is 0 Å². The lowest BCUT2D eigenvalue weighted by molar-refractivity contribution is 0.475. The average molecular weight is 755 g/mol. The van der Waals surface area contributed by atoms with E-state index < -0.39 is 48.3 Å². The highest BCUT2D eigenvalue weighted by Gasteiger charge is 2.74. The molecule has 0 aromatic carbocycles. The second-order valence-electron chi connectivity index (χ2n) is 11.4. The molecule has 0 radical (unpaired) electrons. The van der Waals surface area contributed by atoms with Crippen LogP contribution in [0.1, 0.15) is 117 Å². The van der Waals surface area contributed by atoms with Gasteiger partial charge in [0.1, 0.15) is 0 Å². The zero-order chi connectivity index (χ0) is 36.8. The summed E-state index contributed by atoms with van der Waals surface area (Å²) in [6, 6.07) is 7.81. The quantitative estimate of drug-likeness (QED) is 0.0802. The summed E-state index contributed by atoms with van der Waals surface area (Å²) in [7, 11) is -21.4. The summed E-state index contributed by atoms with van der Waals surface area (Å²) >= 11 is 0. The van der Waals surface area contributed by atoms with E-state index in [0.29, 0.717) is 65.2 Å². The highest BCUT2D eigenvalue weighted by Crippen LogP contribution is 2.44. The van der Waals surface area contributed by atoms with Crippen molar-refractivity contribution in [1.82, 2.24) is 18.9 Å². The third-order valence-corrected chi connectivity index (χ3v) is 19.1. The Hall–Kier alpha value is -2.40. The first-order valence-corrected chi connectivity index (χ1v) is 21.9. The first-order valence-electron chi connectivity index (χ1n) is 15.9. The zero-order valence-corrected chi connectivity index (χ0v) is 31.1. The third kappa shape index (κ3) is 12.8. The van der Waals surface area contributed by atoms with Crippen molar-refractivity contribution in [1.29, 1.82) is 21.0 Å². The van der Waals surface area contributed by atoms with E-state index in [4.69, 9.17) is 21.0 Å².